The van der Waals surface area contributed by atoms with Gasteiger partial charge in [0, 0.05) is 51.9 Å². The average molecular weight is 346 g/mol. The van der Waals surface area contributed by atoms with Crippen LogP contribution in [-0.2, 0) is 7.05 Å². The van der Waals surface area contributed by atoms with Crippen LogP contribution < -0.4 is 4.90 Å². The minimum absolute atomic E-state index is 0.0435. The van der Waals surface area contributed by atoms with E-state index < -0.39 is 0 Å². The van der Waals surface area contributed by atoms with Crippen molar-refractivity contribution in [2.24, 2.45) is 7.05 Å². The van der Waals surface area contributed by atoms with Crippen molar-refractivity contribution in [1.29, 1.82) is 0 Å². The zero-order valence-corrected chi connectivity index (χ0v) is 15.0. The third kappa shape index (κ3) is 3.19. The second kappa shape index (κ2) is 6.72. The first-order valence-corrected chi connectivity index (χ1v) is 8.42. The normalized spacial score (nSPS) is 17.8. The van der Waals surface area contributed by atoms with E-state index in [0.717, 1.165) is 31.0 Å². The molecule has 1 saturated heterocycles. The summed E-state index contributed by atoms with van der Waals surface area (Å²) in [5.74, 6) is 1.95. The molecule has 1 aliphatic heterocycles. The van der Waals surface area contributed by atoms with Gasteiger partial charge in [-0.1, -0.05) is 0 Å². The minimum Gasteiger partial charge on any atom is -0.363 e. The van der Waals surface area contributed by atoms with Crippen LogP contribution in [0.5, 0.6) is 0 Å². The van der Waals surface area contributed by atoms with E-state index in [0.29, 0.717) is 16.9 Å². The molecule has 8 heteroatoms. The van der Waals surface area contributed by atoms with Gasteiger partial charge in [0.2, 0.25) is 0 Å². The first-order valence-electron chi connectivity index (χ1n) is 8.01. The van der Waals surface area contributed by atoms with Gasteiger partial charge in [-0.2, -0.15) is 5.10 Å². The highest BCUT2D eigenvalue weighted by molar-refractivity contribution is 7.71. The number of pyridine rings is 1. The summed E-state index contributed by atoms with van der Waals surface area (Å²) in [7, 11) is 5.74. The van der Waals surface area contributed by atoms with E-state index in [1.54, 1.807) is 12.3 Å². The lowest BCUT2D eigenvalue weighted by atomic mass is 9.96. The molecule has 7 nitrogen and oxygen atoms in total. The summed E-state index contributed by atoms with van der Waals surface area (Å²) in [6.07, 6.45) is 3.65. The van der Waals surface area contributed by atoms with Gasteiger partial charge in [-0.15, -0.1) is 0 Å². The van der Waals surface area contributed by atoms with E-state index >= 15 is 0 Å². The largest absolute Gasteiger partial charge is 0.363 e. The highest BCUT2D eigenvalue weighted by Gasteiger charge is 2.28. The smallest absolute Gasteiger partial charge is 0.254 e. The van der Waals surface area contributed by atoms with E-state index in [1.165, 1.54) is 0 Å². The molecule has 1 unspecified atom stereocenters. The number of aromatic nitrogens is 4. The Morgan fingerprint density at radius 2 is 2.25 bits per heavy atom. The van der Waals surface area contributed by atoms with Crippen LogP contribution in [0.1, 0.15) is 34.9 Å². The number of rotatable bonds is 3. The number of hydrogen-bond acceptors (Lipinski definition) is 5. The molecule has 3 heterocycles. The fraction of sp³-hybridized carbons (Fsp3) is 0.500. The Morgan fingerprint density at radius 1 is 1.46 bits per heavy atom. The number of H-pyrrole nitrogens is 1. The fourth-order valence-corrected chi connectivity index (χ4v) is 3.21. The lowest BCUT2D eigenvalue weighted by molar-refractivity contribution is 0.0703. The zero-order chi connectivity index (χ0) is 17.3. The summed E-state index contributed by atoms with van der Waals surface area (Å²) in [4.78, 5) is 20.9. The number of aromatic amines is 1. The number of piperidine rings is 1. The Hall–Kier alpha value is -2.22. The Labute approximate surface area is 146 Å². The van der Waals surface area contributed by atoms with E-state index in [-0.39, 0.29) is 11.8 Å². The van der Waals surface area contributed by atoms with Crippen LogP contribution in [0.25, 0.3) is 0 Å². The van der Waals surface area contributed by atoms with Gasteiger partial charge in [0.1, 0.15) is 11.6 Å². The molecule has 1 atom stereocenters. The molecule has 2 aromatic heterocycles. The van der Waals surface area contributed by atoms with Crippen LogP contribution in [-0.4, -0.2) is 57.7 Å². The van der Waals surface area contributed by atoms with Crippen molar-refractivity contribution in [3.63, 3.8) is 0 Å². The van der Waals surface area contributed by atoms with Gasteiger partial charge in [0.15, 0.2) is 4.77 Å². The Balaban J connectivity index is 1.79. The van der Waals surface area contributed by atoms with Crippen molar-refractivity contribution < 1.29 is 4.79 Å². The van der Waals surface area contributed by atoms with Gasteiger partial charge in [-0.3, -0.25) is 9.89 Å². The number of likely N-dealkylation sites (tertiary alicyclic amines) is 1. The molecule has 128 valence electrons. The second-order valence-electron chi connectivity index (χ2n) is 6.33. The summed E-state index contributed by atoms with van der Waals surface area (Å²) in [6, 6.07) is 3.61. The van der Waals surface area contributed by atoms with Gasteiger partial charge in [0.25, 0.3) is 5.91 Å². The first-order chi connectivity index (χ1) is 11.5. The third-order valence-electron chi connectivity index (χ3n) is 4.44. The molecular formula is C16H22N6OS. The number of nitrogens with one attached hydrogen (secondary N) is 1. The number of amides is 1. The molecule has 3 rings (SSSR count). The Kier molecular flexibility index (Phi) is 4.66. The van der Waals surface area contributed by atoms with Crippen molar-refractivity contribution in [1.82, 2.24) is 24.6 Å². The van der Waals surface area contributed by atoms with Crippen molar-refractivity contribution in [3.8, 4) is 0 Å². The maximum absolute atomic E-state index is 12.9. The quantitative estimate of drug-likeness (QED) is 0.861. The molecule has 24 heavy (non-hydrogen) atoms. The average Bonchev–Trinajstić information content (AvgIpc) is 2.93. The molecule has 1 N–H and O–H groups in total. The van der Waals surface area contributed by atoms with Crippen molar-refractivity contribution in [2.45, 2.75) is 18.8 Å². The van der Waals surface area contributed by atoms with Crippen LogP contribution in [0, 0.1) is 4.77 Å². The van der Waals surface area contributed by atoms with E-state index in [2.05, 4.69) is 15.2 Å². The predicted octanol–water partition coefficient (Wildman–Crippen LogP) is 1.96. The molecule has 0 radical (unpaired) electrons. The highest BCUT2D eigenvalue weighted by Crippen LogP contribution is 2.26. The molecule has 0 saturated carbocycles. The number of nitrogens with zero attached hydrogens (tertiary/aromatic N) is 5. The summed E-state index contributed by atoms with van der Waals surface area (Å²) >= 11 is 5.19. The molecule has 0 aliphatic carbocycles. The standard InChI is InChI=1S/C16H22N6OS/c1-20(2)13-9-11(6-7-17-13)15(23)22-8-4-5-12(10-22)14-18-19-16(24)21(14)3/h6-7,9,12H,4-5,8,10H2,1-3H3,(H,19,24). The zero-order valence-electron chi connectivity index (χ0n) is 14.2. The lowest BCUT2D eigenvalue weighted by Crippen LogP contribution is -2.39. The fourth-order valence-electron chi connectivity index (χ4n) is 3.08. The molecular weight excluding hydrogens is 324 g/mol. The van der Waals surface area contributed by atoms with Crippen molar-refractivity contribution in [3.05, 3.63) is 34.5 Å². The Morgan fingerprint density at radius 3 is 2.92 bits per heavy atom. The summed E-state index contributed by atoms with van der Waals surface area (Å²) in [5, 5.41) is 7.16. The third-order valence-corrected chi connectivity index (χ3v) is 4.80. The molecule has 0 bridgehead atoms. The molecule has 1 amide bonds. The SMILES string of the molecule is CN(C)c1cc(C(=O)N2CCCC(c3n[nH]c(=S)n3C)C2)ccn1. The van der Waals surface area contributed by atoms with Gasteiger partial charge in [0.05, 0.1) is 0 Å². The molecule has 0 aromatic carbocycles. The molecule has 1 fully saturated rings. The van der Waals surface area contributed by atoms with Crippen LogP contribution >= 0.6 is 12.2 Å². The first kappa shape index (κ1) is 16.6. The van der Waals surface area contributed by atoms with E-state index in [4.69, 9.17) is 12.2 Å². The minimum atomic E-state index is 0.0435. The maximum Gasteiger partial charge on any atom is 0.254 e. The molecule has 1 aliphatic rings. The predicted molar refractivity (Wildman–Crippen MR) is 94.8 cm³/mol. The van der Waals surface area contributed by atoms with E-state index in [1.807, 2.05) is 41.6 Å². The topological polar surface area (TPSA) is 70.1 Å². The van der Waals surface area contributed by atoms with Gasteiger partial charge < -0.3 is 14.4 Å². The lowest BCUT2D eigenvalue weighted by Gasteiger charge is -2.32. The number of carbonyl (C=O) groups is 1. The Bertz CT molecular complexity index is 796. The van der Waals surface area contributed by atoms with E-state index in [9.17, 15) is 4.79 Å². The maximum atomic E-state index is 12.9. The second-order valence-corrected chi connectivity index (χ2v) is 6.72. The van der Waals surface area contributed by atoms with Gasteiger partial charge >= 0.3 is 0 Å². The van der Waals surface area contributed by atoms with Crippen molar-refractivity contribution in [2.75, 3.05) is 32.1 Å². The monoisotopic (exact) mass is 346 g/mol. The summed E-state index contributed by atoms with van der Waals surface area (Å²) < 4.78 is 2.50. The molecule has 0 spiro atoms. The van der Waals surface area contributed by atoms with Crippen molar-refractivity contribution >= 4 is 23.9 Å². The van der Waals surface area contributed by atoms with Gasteiger partial charge in [-0.05, 0) is 37.2 Å². The molecule has 2 aromatic rings. The van der Waals surface area contributed by atoms with Crippen LogP contribution in [0.3, 0.4) is 0 Å². The highest BCUT2D eigenvalue weighted by atomic mass is 32.1. The summed E-state index contributed by atoms with van der Waals surface area (Å²) in [6.45, 7) is 1.43. The number of carbonyl (C=O) groups excluding carboxylic acids is 1. The van der Waals surface area contributed by atoms with Crippen LogP contribution in [0.15, 0.2) is 18.3 Å². The van der Waals surface area contributed by atoms with Crippen LogP contribution in [0.2, 0.25) is 0 Å². The van der Waals surface area contributed by atoms with Gasteiger partial charge in [-0.25, -0.2) is 4.98 Å². The van der Waals surface area contributed by atoms with Crippen LogP contribution in [0.4, 0.5) is 5.82 Å². The number of anilines is 1. The summed E-state index contributed by atoms with van der Waals surface area (Å²) in [5.41, 5.74) is 0.671. The number of hydrogen-bond donors (Lipinski definition) is 1.